The number of ether oxygens (including phenoxy) is 1. The van der Waals surface area contributed by atoms with E-state index < -0.39 is 18.5 Å². The number of hydrogen-bond donors (Lipinski definition) is 2. The Labute approximate surface area is 138 Å². The van der Waals surface area contributed by atoms with E-state index in [1.807, 2.05) is 0 Å². The zero-order chi connectivity index (χ0) is 17.9. The van der Waals surface area contributed by atoms with E-state index in [1.165, 1.54) is 29.2 Å². The van der Waals surface area contributed by atoms with Crippen molar-refractivity contribution >= 4 is 6.03 Å². The van der Waals surface area contributed by atoms with Crippen LogP contribution in [-0.4, -0.2) is 42.1 Å². The fourth-order valence-electron chi connectivity index (χ4n) is 2.33. The predicted octanol–water partition coefficient (Wildman–Crippen LogP) is 3.06. The van der Waals surface area contributed by atoms with Crippen molar-refractivity contribution in [3.05, 3.63) is 29.8 Å². The number of halogens is 3. The summed E-state index contributed by atoms with van der Waals surface area (Å²) in [7, 11) is 1.59. The van der Waals surface area contributed by atoms with Crippen molar-refractivity contribution in [1.82, 2.24) is 10.2 Å². The first kappa shape index (κ1) is 18.4. The zero-order valence-corrected chi connectivity index (χ0v) is 13.5. The molecule has 134 valence electrons. The molecule has 0 saturated heterocycles. The van der Waals surface area contributed by atoms with Gasteiger partial charge in [0.2, 0.25) is 0 Å². The molecule has 1 aromatic rings. The van der Waals surface area contributed by atoms with Gasteiger partial charge < -0.3 is 20.1 Å². The third-order valence-electron chi connectivity index (χ3n) is 3.93. The summed E-state index contributed by atoms with van der Waals surface area (Å²) in [5.41, 5.74) is 0.647. The highest BCUT2D eigenvalue weighted by Crippen LogP contribution is 2.32. The van der Waals surface area contributed by atoms with Gasteiger partial charge in [0.1, 0.15) is 5.75 Å². The molecule has 0 aliphatic heterocycles. The highest BCUT2D eigenvalue weighted by atomic mass is 19.4. The number of nitrogens with zero attached hydrogens (tertiary/aromatic N) is 1. The van der Waals surface area contributed by atoms with E-state index >= 15 is 0 Å². The minimum absolute atomic E-state index is 0.252. The summed E-state index contributed by atoms with van der Waals surface area (Å²) < 4.78 is 40.2. The van der Waals surface area contributed by atoms with Gasteiger partial charge in [0.15, 0.2) is 0 Å². The summed E-state index contributed by atoms with van der Waals surface area (Å²) in [6.45, 7) is 1.98. The first-order chi connectivity index (χ1) is 11.2. The van der Waals surface area contributed by atoms with Crippen LogP contribution < -0.4 is 10.1 Å². The van der Waals surface area contributed by atoms with Gasteiger partial charge in [-0.3, -0.25) is 0 Å². The summed E-state index contributed by atoms with van der Waals surface area (Å²) in [6, 6.07) is 4.59. The van der Waals surface area contributed by atoms with Crippen molar-refractivity contribution in [1.29, 1.82) is 0 Å². The molecule has 0 aromatic heterocycles. The zero-order valence-electron chi connectivity index (χ0n) is 13.5. The van der Waals surface area contributed by atoms with Crippen molar-refractivity contribution in [2.45, 2.75) is 38.3 Å². The molecule has 1 aliphatic rings. The third-order valence-corrected chi connectivity index (χ3v) is 3.93. The Kier molecular flexibility index (Phi) is 5.58. The maximum absolute atomic E-state index is 12.1. The molecule has 2 atom stereocenters. The Morgan fingerprint density at radius 1 is 1.38 bits per heavy atom. The average Bonchev–Trinajstić information content (AvgIpc) is 3.30. The van der Waals surface area contributed by atoms with Crippen LogP contribution in [0.15, 0.2) is 24.3 Å². The molecule has 1 aromatic carbocycles. The molecule has 2 amide bonds. The number of likely N-dealkylation sites (N-methyl/N-ethyl adjacent to an activating group) is 1. The van der Waals surface area contributed by atoms with E-state index in [0.29, 0.717) is 5.56 Å². The Morgan fingerprint density at radius 3 is 2.46 bits per heavy atom. The highest BCUT2D eigenvalue weighted by Gasteiger charge is 2.32. The van der Waals surface area contributed by atoms with Gasteiger partial charge in [-0.1, -0.05) is 12.1 Å². The number of nitrogens with one attached hydrogen (secondary N) is 1. The molecule has 0 bridgehead atoms. The second-order valence-electron chi connectivity index (χ2n) is 6.07. The first-order valence-electron chi connectivity index (χ1n) is 7.71. The normalized spacial score (nSPS) is 17.1. The smallest absolute Gasteiger partial charge is 0.406 e. The number of aliphatic hydroxyl groups excluding tert-OH is 1. The molecular formula is C16H21F3N2O3. The average molecular weight is 346 g/mol. The van der Waals surface area contributed by atoms with Crippen LogP contribution >= 0.6 is 0 Å². The number of carbonyl (C=O) groups is 1. The number of carbonyl (C=O) groups excluding carboxylic acids is 1. The van der Waals surface area contributed by atoms with Gasteiger partial charge in [0.05, 0.1) is 12.1 Å². The van der Waals surface area contributed by atoms with Gasteiger partial charge in [-0.05, 0) is 43.4 Å². The number of urea groups is 1. The van der Waals surface area contributed by atoms with E-state index in [9.17, 15) is 23.1 Å². The highest BCUT2D eigenvalue weighted by molar-refractivity contribution is 5.74. The Bertz CT molecular complexity index is 559. The van der Waals surface area contributed by atoms with Crippen molar-refractivity contribution in [3.63, 3.8) is 0 Å². The van der Waals surface area contributed by atoms with Gasteiger partial charge in [-0.15, -0.1) is 13.2 Å². The molecular weight excluding hydrogens is 325 g/mol. The van der Waals surface area contributed by atoms with Crippen LogP contribution in [0, 0.1) is 5.92 Å². The number of benzene rings is 1. The van der Waals surface area contributed by atoms with E-state index in [-0.39, 0.29) is 24.2 Å². The summed E-state index contributed by atoms with van der Waals surface area (Å²) in [6.07, 6.45) is -3.28. The lowest BCUT2D eigenvalue weighted by atomic mass is 10.1. The lowest BCUT2D eigenvalue weighted by Crippen LogP contribution is -2.42. The number of aliphatic hydroxyl groups is 1. The standard InChI is InChI=1S/C16H21F3N2O3/c1-10(11-5-7-13(8-6-11)24-16(17,18)19)20-15(23)21(2)9-14(22)12-3-4-12/h5-8,10,12,14,22H,3-4,9H2,1-2H3,(H,20,23). The molecule has 1 fully saturated rings. The summed E-state index contributed by atoms with van der Waals surface area (Å²) in [5.74, 6) is -0.0340. The molecule has 0 heterocycles. The predicted molar refractivity (Wildman–Crippen MR) is 81.4 cm³/mol. The Hall–Kier alpha value is -1.96. The third kappa shape index (κ3) is 5.59. The topological polar surface area (TPSA) is 61.8 Å². The van der Waals surface area contributed by atoms with Crippen LogP contribution in [0.3, 0.4) is 0 Å². The maximum Gasteiger partial charge on any atom is 0.573 e. The lowest BCUT2D eigenvalue weighted by molar-refractivity contribution is -0.274. The van der Waals surface area contributed by atoms with Gasteiger partial charge in [0, 0.05) is 13.6 Å². The summed E-state index contributed by atoms with van der Waals surface area (Å²) >= 11 is 0. The van der Waals surface area contributed by atoms with Gasteiger partial charge in [0.25, 0.3) is 0 Å². The van der Waals surface area contributed by atoms with Gasteiger partial charge >= 0.3 is 12.4 Å². The van der Waals surface area contributed by atoms with Crippen molar-refractivity contribution < 1.29 is 27.8 Å². The van der Waals surface area contributed by atoms with Crippen LogP contribution in [0.4, 0.5) is 18.0 Å². The number of alkyl halides is 3. The number of rotatable bonds is 6. The fraction of sp³-hybridized carbons (Fsp3) is 0.562. The van der Waals surface area contributed by atoms with Crippen molar-refractivity contribution in [2.24, 2.45) is 5.92 Å². The number of amides is 2. The molecule has 0 radical (unpaired) electrons. The molecule has 8 heteroatoms. The van der Waals surface area contributed by atoms with Crippen molar-refractivity contribution in [3.8, 4) is 5.75 Å². The lowest BCUT2D eigenvalue weighted by Gasteiger charge is -2.24. The monoisotopic (exact) mass is 346 g/mol. The molecule has 2 rings (SSSR count). The van der Waals surface area contributed by atoms with E-state index in [0.717, 1.165) is 12.8 Å². The van der Waals surface area contributed by atoms with Gasteiger partial charge in [-0.25, -0.2) is 4.79 Å². The fourth-order valence-corrected chi connectivity index (χ4v) is 2.33. The molecule has 5 nitrogen and oxygen atoms in total. The molecule has 2 unspecified atom stereocenters. The summed E-state index contributed by atoms with van der Waals surface area (Å²) in [5, 5.41) is 12.6. The first-order valence-corrected chi connectivity index (χ1v) is 7.71. The Balaban J connectivity index is 1.86. The van der Waals surface area contributed by atoms with Crippen LogP contribution in [0.1, 0.15) is 31.4 Å². The minimum atomic E-state index is -4.73. The maximum atomic E-state index is 12.1. The van der Waals surface area contributed by atoms with E-state index in [4.69, 9.17) is 0 Å². The molecule has 24 heavy (non-hydrogen) atoms. The number of hydrogen-bond acceptors (Lipinski definition) is 3. The van der Waals surface area contributed by atoms with Crippen LogP contribution in [0.5, 0.6) is 5.75 Å². The van der Waals surface area contributed by atoms with Gasteiger partial charge in [-0.2, -0.15) is 0 Å². The molecule has 0 spiro atoms. The van der Waals surface area contributed by atoms with E-state index in [2.05, 4.69) is 10.1 Å². The summed E-state index contributed by atoms with van der Waals surface area (Å²) in [4.78, 5) is 13.5. The second-order valence-corrected chi connectivity index (χ2v) is 6.07. The molecule has 2 N–H and O–H groups in total. The van der Waals surface area contributed by atoms with Crippen molar-refractivity contribution in [2.75, 3.05) is 13.6 Å². The van der Waals surface area contributed by atoms with Crippen LogP contribution in [0.25, 0.3) is 0 Å². The Morgan fingerprint density at radius 2 is 1.96 bits per heavy atom. The van der Waals surface area contributed by atoms with Crippen LogP contribution in [0.2, 0.25) is 0 Å². The quantitative estimate of drug-likeness (QED) is 0.832. The largest absolute Gasteiger partial charge is 0.573 e. The molecule has 1 saturated carbocycles. The SMILES string of the molecule is CC(NC(=O)N(C)CC(O)C1CC1)c1ccc(OC(F)(F)F)cc1. The van der Waals surface area contributed by atoms with Crippen LogP contribution in [-0.2, 0) is 0 Å². The second kappa shape index (κ2) is 7.29. The minimum Gasteiger partial charge on any atom is -0.406 e. The molecule has 1 aliphatic carbocycles. The van der Waals surface area contributed by atoms with E-state index in [1.54, 1.807) is 14.0 Å².